The van der Waals surface area contributed by atoms with Crippen molar-refractivity contribution in [3.63, 3.8) is 0 Å². The van der Waals surface area contributed by atoms with Crippen LogP contribution in [0.15, 0.2) is 48.6 Å². The predicted molar refractivity (Wildman–Crippen MR) is 238 cm³/mol. The van der Waals surface area contributed by atoms with Gasteiger partial charge in [-0.1, -0.05) is 185 Å². The molecule has 56 heavy (non-hydrogen) atoms. The molecule has 0 radical (unpaired) electrons. The molecule has 0 saturated heterocycles. The Bertz CT molecular complexity index is 996. The van der Waals surface area contributed by atoms with E-state index in [4.69, 9.17) is 14.2 Å². The monoisotopic (exact) mass is 785 g/mol. The minimum atomic E-state index is -0.779. The zero-order chi connectivity index (χ0) is 40.8. The Morgan fingerprint density at radius 2 is 0.696 bits per heavy atom. The quantitative estimate of drug-likeness (QED) is 0.0265. The van der Waals surface area contributed by atoms with Crippen LogP contribution in [-0.2, 0) is 28.6 Å². The summed E-state index contributed by atoms with van der Waals surface area (Å²) in [7, 11) is 0. The van der Waals surface area contributed by atoms with Crippen molar-refractivity contribution in [3.8, 4) is 0 Å². The van der Waals surface area contributed by atoms with E-state index >= 15 is 0 Å². The van der Waals surface area contributed by atoms with Crippen molar-refractivity contribution < 1.29 is 28.6 Å². The molecular formula is C50H88O6. The van der Waals surface area contributed by atoms with Crippen molar-refractivity contribution in [3.05, 3.63) is 48.6 Å². The van der Waals surface area contributed by atoms with E-state index in [9.17, 15) is 14.4 Å². The third-order valence-electron chi connectivity index (χ3n) is 10.1. The summed E-state index contributed by atoms with van der Waals surface area (Å²) >= 11 is 0. The fourth-order valence-corrected chi connectivity index (χ4v) is 6.51. The number of ether oxygens (including phenoxy) is 3. The number of carbonyl (C=O) groups is 3. The molecule has 0 aliphatic rings. The van der Waals surface area contributed by atoms with Gasteiger partial charge in [0.15, 0.2) is 6.10 Å². The van der Waals surface area contributed by atoms with Crippen molar-refractivity contribution in [2.75, 3.05) is 13.2 Å². The van der Waals surface area contributed by atoms with Crippen molar-refractivity contribution in [2.24, 2.45) is 0 Å². The number of hydrogen-bond acceptors (Lipinski definition) is 6. The van der Waals surface area contributed by atoms with E-state index in [1.807, 2.05) is 0 Å². The Balaban J connectivity index is 4.38. The van der Waals surface area contributed by atoms with Gasteiger partial charge in [-0.2, -0.15) is 0 Å². The van der Waals surface area contributed by atoms with Gasteiger partial charge in [0.1, 0.15) is 13.2 Å². The Hall–Kier alpha value is -2.63. The maximum absolute atomic E-state index is 12.7. The summed E-state index contributed by atoms with van der Waals surface area (Å²) in [6.07, 6.45) is 52.3. The zero-order valence-electron chi connectivity index (χ0n) is 36.9. The van der Waals surface area contributed by atoms with Crippen LogP contribution in [0, 0.1) is 0 Å². The van der Waals surface area contributed by atoms with Gasteiger partial charge < -0.3 is 14.2 Å². The molecule has 0 unspecified atom stereocenters. The molecule has 0 spiro atoms. The highest BCUT2D eigenvalue weighted by atomic mass is 16.6. The fraction of sp³-hybridized carbons (Fsp3) is 0.780. The van der Waals surface area contributed by atoms with Crippen molar-refractivity contribution in [1.29, 1.82) is 0 Å². The smallest absolute Gasteiger partial charge is 0.306 e. The highest BCUT2D eigenvalue weighted by Gasteiger charge is 2.19. The summed E-state index contributed by atoms with van der Waals surface area (Å²) in [6.45, 7) is 6.47. The standard InChI is InChI=1S/C50H88O6/c1-4-7-10-13-16-19-21-23-25-27-28-31-34-37-40-43-49(52)55-46-47(45-54-48(51)42-39-36-33-30-18-15-12-9-6-3)56-50(53)44-41-38-35-32-29-26-24-22-20-17-14-11-8-5-2/h7,10,16,19,22-25,47H,4-6,8-9,11-15,17-18,20-21,26-46H2,1-3H3/b10-7-,19-16-,24-22-,25-23-/t47-/m1/s1. The Kier molecular flexibility index (Phi) is 43.0. The van der Waals surface area contributed by atoms with E-state index in [0.717, 1.165) is 109 Å². The molecule has 324 valence electrons. The van der Waals surface area contributed by atoms with Gasteiger partial charge in [0.2, 0.25) is 0 Å². The molecule has 0 aromatic carbocycles. The van der Waals surface area contributed by atoms with Crippen molar-refractivity contribution in [1.82, 2.24) is 0 Å². The summed E-state index contributed by atoms with van der Waals surface area (Å²) in [5.41, 5.74) is 0. The van der Waals surface area contributed by atoms with Gasteiger partial charge in [0, 0.05) is 19.3 Å². The lowest BCUT2D eigenvalue weighted by atomic mass is 10.1. The SMILES string of the molecule is CC/C=C\C/C=C\C/C=C\CCCCCCCC(=O)OC[C@@H](COC(=O)CCCCCCCCCCC)OC(=O)CCCCCCC/C=C\CCCCCCC. The van der Waals surface area contributed by atoms with E-state index in [2.05, 4.69) is 69.4 Å². The second kappa shape index (κ2) is 45.1. The summed E-state index contributed by atoms with van der Waals surface area (Å²) in [4.78, 5) is 37.7. The molecule has 0 aliphatic heterocycles. The first-order valence-electron chi connectivity index (χ1n) is 23.6. The van der Waals surface area contributed by atoms with Crippen LogP contribution in [0.3, 0.4) is 0 Å². The predicted octanol–water partition coefficient (Wildman–Crippen LogP) is 15.1. The van der Waals surface area contributed by atoms with E-state index in [1.54, 1.807) is 0 Å². The molecule has 0 fully saturated rings. The molecule has 0 amide bonds. The van der Waals surface area contributed by atoms with E-state index in [-0.39, 0.29) is 31.1 Å². The number of rotatable bonds is 42. The number of esters is 3. The Morgan fingerprint density at radius 3 is 1.11 bits per heavy atom. The fourth-order valence-electron chi connectivity index (χ4n) is 6.51. The summed E-state index contributed by atoms with van der Waals surface area (Å²) < 4.78 is 16.7. The van der Waals surface area contributed by atoms with Gasteiger partial charge >= 0.3 is 17.9 Å². The normalized spacial score (nSPS) is 12.4. The van der Waals surface area contributed by atoms with Crippen LogP contribution in [0.4, 0.5) is 0 Å². The second-order valence-electron chi connectivity index (χ2n) is 15.6. The lowest BCUT2D eigenvalue weighted by Gasteiger charge is -2.18. The number of hydrogen-bond donors (Lipinski definition) is 0. The van der Waals surface area contributed by atoms with Crippen LogP contribution < -0.4 is 0 Å². The number of unbranched alkanes of at least 4 members (excludes halogenated alkanes) is 23. The molecule has 6 nitrogen and oxygen atoms in total. The van der Waals surface area contributed by atoms with Crippen LogP contribution >= 0.6 is 0 Å². The Morgan fingerprint density at radius 1 is 0.375 bits per heavy atom. The summed E-state index contributed by atoms with van der Waals surface area (Å²) in [5.74, 6) is -0.908. The van der Waals surface area contributed by atoms with Crippen LogP contribution in [-0.4, -0.2) is 37.2 Å². The van der Waals surface area contributed by atoms with Gasteiger partial charge in [-0.15, -0.1) is 0 Å². The van der Waals surface area contributed by atoms with Crippen LogP contribution in [0.25, 0.3) is 0 Å². The largest absolute Gasteiger partial charge is 0.462 e. The van der Waals surface area contributed by atoms with Crippen LogP contribution in [0.1, 0.15) is 233 Å². The zero-order valence-corrected chi connectivity index (χ0v) is 36.9. The number of carbonyl (C=O) groups excluding carboxylic acids is 3. The maximum Gasteiger partial charge on any atom is 0.306 e. The molecule has 0 aromatic heterocycles. The van der Waals surface area contributed by atoms with Gasteiger partial charge in [-0.3, -0.25) is 14.4 Å². The van der Waals surface area contributed by atoms with Gasteiger partial charge in [0.25, 0.3) is 0 Å². The molecule has 0 heterocycles. The average Bonchev–Trinajstić information content (AvgIpc) is 3.19. The molecule has 0 aliphatic carbocycles. The van der Waals surface area contributed by atoms with Gasteiger partial charge in [0.05, 0.1) is 0 Å². The topological polar surface area (TPSA) is 78.9 Å². The maximum atomic E-state index is 12.7. The summed E-state index contributed by atoms with van der Waals surface area (Å²) in [5, 5.41) is 0. The van der Waals surface area contributed by atoms with E-state index in [0.29, 0.717) is 19.3 Å². The highest BCUT2D eigenvalue weighted by Crippen LogP contribution is 2.14. The average molecular weight is 785 g/mol. The van der Waals surface area contributed by atoms with Crippen LogP contribution in [0.2, 0.25) is 0 Å². The second-order valence-corrected chi connectivity index (χ2v) is 15.6. The van der Waals surface area contributed by atoms with Gasteiger partial charge in [-0.25, -0.2) is 0 Å². The van der Waals surface area contributed by atoms with E-state index < -0.39 is 6.10 Å². The third-order valence-corrected chi connectivity index (χ3v) is 10.1. The molecule has 0 N–H and O–H groups in total. The van der Waals surface area contributed by atoms with Gasteiger partial charge in [-0.05, 0) is 77.0 Å². The lowest BCUT2D eigenvalue weighted by molar-refractivity contribution is -0.167. The molecular weight excluding hydrogens is 697 g/mol. The molecule has 6 heteroatoms. The minimum Gasteiger partial charge on any atom is -0.462 e. The minimum absolute atomic E-state index is 0.0808. The molecule has 0 aromatic rings. The first-order chi connectivity index (χ1) is 27.5. The first kappa shape index (κ1) is 53.4. The highest BCUT2D eigenvalue weighted by molar-refractivity contribution is 5.71. The van der Waals surface area contributed by atoms with Crippen molar-refractivity contribution >= 4 is 17.9 Å². The van der Waals surface area contributed by atoms with Crippen molar-refractivity contribution in [2.45, 2.75) is 239 Å². The molecule has 0 bridgehead atoms. The number of allylic oxidation sites excluding steroid dienone is 8. The van der Waals surface area contributed by atoms with E-state index in [1.165, 1.54) is 83.5 Å². The summed E-state index contributed by atoms with van der Waals surface area (Å²) in [6, 6.07) is 0. The van der Waals surface area contributed by atoms with Crippen LogP contribution in [0.5, 0.6) is 0 Å². The molecule has 0 saturated carbocycles. The lowest BCUT2D eigenvalue weighted by Crippen LogP contribution is -2.30. The first-order valence-corrected chi connectivity index (χ1v) is 23.6. The molecule has 0 rings (SSSR count). The third kappa shape index (κ3) is 42.5. The molecule has 1 atom stereocenters. The Labute approximate surface area is 346 Å².